The largest absolute Gasteiger partial charge is 0.493 e. The Balaban J connectivity index is 1.73. The minimum Gasteiger partial charge on any atom is -0.493 e. The SMILES string of the molecule is COc1ccc(C=NNc2c(Cl)cc(Cl)cc2Cl)cc1OCc1ccccc1. The predicted molar refractivity (Wildman–Crippen MR) is 116 cm³/mol. The molecular weight excluding hydrogens is 419 g/mol. The van der Waals surface area contributed by atoms with Crippen LogP contribution in [-0.2, 0) is 6.61 Å². The monoisotopic (exact) mass is 434 g/mol. The lowest BCUT2D eigenvalue weighted by Crippen LogP contribution is -1.99. The summed E-state index contributed by atoms with van der Waals surface area (Å²) in [6, 6.07) is 18.6. The van der Waals surface area contributed by atoms with Gasteiger partial charge < -0.3 is 9.47 Å². The highest BCUT2D eigenvalue weighted by Gasteiger charge is 2.08. The molecule has 0 aliphatic carbocycles. The number of ether oxygens (including phenoxy) is 2. The first-order valence-electron chi connectivity index (χ1n) is 8.35. The third-order valence-corrected chi connectivity index (χ3v) is 4.64. The van der Waals surface area contributed by atoms with Crippen LogP contribution < -0.4 is 14.9 Å². The fourth-order valence-corrected chi connectivity index (χ4v) is 3.34. The Bertz CT molecular complexity index is 956. The molecule has 0 atom stereocenters. The van der Waals surface area contributed by atoms with E-state index in [0.717, 1.165) is 11.1 Å². The molecule has 0 unspecified atom stereocenters. The van der Waals surface area contributed by atoms with Crippen LogP contribution >= 0.6 is 34.8 Å². The van der Waals surface area contributed by atoms with Crippen molar-refractivity contribution in [3.8, 4) is 11.5 Å². The predicted octanol–water partition coefficient (Wildman–Crippen LogP) is 6.68. The van der Waals surface area contributed by atoms with Crippen LogP contribution in [0.5, 0.6) is 11.5 Å². The van der Waals surface area contributed by atoms with Gasteiger partial charge in [0.05, 0.1) is 29.1 Å². The summed E-state index contributed by atoms with van der Waals surface area (Å²) in [4.78, 5) is 0. The van der Waals surface area contributed by atoms with E-state index in [-0.39, 0.29) is 0 Å². The van der Waals surface area contributed by atoms with Crippen LogP contribution in [-0.4, -0.2) is 13.3 Å². The third kappa shape index (κ3) is 5.32. The first-order valence-corrected chi connectivity index (χ1v) is 9.48. The second-order valence-corrected chi connectivity index (χ2v) is 7.05. The van der Waals surface area contributed by atoms with Crippen molar-refractivity contribution < 1.29 is 9.47 Å². The number of hydrogen-bond donors (Lipinski definition) is 1. The minimum absolute atomic E-state index is 0.385. The molecule has 0 radical (unpaired) electrons. The van der Waals surface area contributed by atoms with E-state index in [4.69, 9.17) is 44.3 Å². The lowest BCUT2D eigenvalue weighted by molar-refractivity contribution is 0.284. The number of benzene rings is 3. The smallest absolute Gasteiger partial charge is 0.162 e. The summed E-state index contributed by atoms with van der Waals surface area (Å²) < 4.78 is 11.3. The number of methoxy groups -OCH3 is 1. The Morgan fingerprint density at radius 3 is 2.32 bits per heavy atom. The lowest BCUT2D eigenvalue weighted by Gasteiger charge is -2.11. The summed E-state index contributed by atoms with van der Waals surface area (Å²) >= 11 is 18.2. The van der Waals surface area contributed by atoms with E-state index in [1.54, 1.807) is 25.5 Å². The zero-order chi connectivity index (χ0) is 19.9. The van der Waals surface area contributed by atoms with Crippen LogP contribution in [0.25, 0.3) is 0 Å². The molecule has 7 heteroatoms. The van der Waals surface area contributed by atoms with E-state index < -0.39 is 0 Å². The van der Waals surface area contributed by atoms with Crippen LogP contribution in [0.2, 0.25) is 15.1 Å². The number of nitrogens with one attached hydrogen (secondary N) is 1. The van der Waals surface area contributed by atoms with Gasteiger partial charge in [-0.3, -0.25) is 5.43 Å². The average molecular weight is 436 g/mol. The Morgan fingerprint density at radius 2 is 1.64 bits per heavy atom. The molecule has 0 bridgehead atoms. The number of halogens is 3. The Kier molecular flexibility index (Phi) is 7.04. The second-order valence-electron chi connectivity index (χ2n) is 5.80. The number of rotatable bonds is 7. The summed E-state index contributed by atoms with van der Waals surface area (Å²) in [6.45, 7) is 0.437. The average Bonchev–Trinajstić information content (AvgIpc) is 2.69. The van der Waals surface area contributed by atoms with Gasteiger partial charge in [-0.2, -0.15) is 5.10 Å². The standard InChI is InChI=1S/C21H17Cl3N2O2/c1-27-19-8-7-15(9-20(19)28-13-14-5-3-2-4-6-14)12-25-26-21-17(23)10-16(22)11-18(21)24/h2-12,26H,13H2,1H3. The fourth-order valence-electron chi connectivity index (χ4n) is 2.44. The van der Waals surface area contributed by atoms with Crippen molar-refractivity contribution in [2.75, 3.05) is 12.5 Å². The van der Waals surface area contributed by atoms with E-state index in [9.17, 15) is 0 Å². The zero-order valence-electron chi connectivity index (χ0n) is 15.0. The van der Waals surface area contributed by atoms with Gasteiger partial charge in [-0.25, -0.2) is 0 Å². The summed E-state index contributed by atoms with van der Waals surface area (Å²) in [5.41, 5.74) is 5.21. The molecule has 0 amide bonds. The van der Waals surface area contributed by atoms with Gasteiger partial charge in [-0.1, -0.05) is 65.1 Å². The van der Waals surface area contributed by atoms with E-state index in [2.05, 4.69) is 10.5 Å². The summed E-state index contributed by atoms with van der Waals surface area (Å²) in [5.74, 6) is 1.27. The fraction of sp³-hybridized carbons (Fsp3) is 0.0952. The third-order valence-electron chi connectivity index (χ3n) is 3.82. The number of nitrogens with zero attached hydrogens (tertiary/aromatic N) is 1. The van der Waals surface area contributed by atoms with Gasteiger partial charge in [0.2, 0.25) is 0 Å². The highest BCUT2D eigenvalue weighted by molar-refractivity contribution is 6.41. The van der Waals surface area contributed by atoms with E-state index in [1.165, 1.54) is 0 Å². The van der Waals surface area contributed by atoms with Gasteiger partial charge in [0, 0.05) is 5.02 Å². The molecule has 0 saturated carbocycles. The molecule has 0 aliphatic rings. The normalized spacial score (nSPS) is 10.9. The minimum atomic E-state index is 0.385. The molecule has 0 aromatic heterocycles. The summed E-state index contributed by atoms with van der Waals surface area (Å²) in [7, 11) is 1.60. The molecule has 144 valence electrons. The van der Waals surface area contributed by atoms with Crippen molar-refractivity contribution in [2.24, 2.45) is 5.10 Å². The molecule has 3 rings (SSSR count). The molecule has 3 aromatic rings. The first-order chi connectivity index (χ1) is 13.6. The number of hydrazone groups is 1. The van der Waals surface area contributed by atoms with Crippen molar-refractivity contribution in [3.05, 3.63) is 86.9 Å². The number of anilines is 1. The molecule has 0 saturated heterocycles. The maximum absolute atomic E-state index is 6.14. The number of hydrogen-bond acceptors (Lipinski definition) is 4. The summed E-state index contributed by atoms with van der Waals surface area (Å²) in [5, 5.41) is 5.42. The van der Waals surface area contributed by atoms with Gasteiger partial charge in [0.1, 0.15) is 6.61 Å². The molecule has 0 aliphatic heterocycles. The van der Waals surface area contributed by atoms with Crippen LogP contribution in [0, 0.1) is 0 Å². The molecule has 28 heavy (non-hydrogen) atoms. The van der Waals surface area contributed by atoms with E-state index in [1.807, 2.05) is 48.5 Å². The van der Waals surface area contributed by atoms with Gasteiger partial charge in [-0.15, -0.1) is 0 Å². The van der Waals surface area contributed by atoms with Gasteiger partial charge in [-0.05, 0) is 41.5 Å². The van der Waals surface area contributed by atoms with Crippen molar-refractivity contribution in [3.63, 3.8) is 0 Å². The van der Waals surface area contributed by atoms with Gasteiger partial charge in [0.15, 0.2) is 11.5 Å². The molecule has 0 spiro atoms. The van der Waals surface area contributed by atoms with Crippen molar-refractivity contribution >= 4 is 46.7 Å². The lowest BCUT2D eigenvalue weighted by atomic mass is 10.2. The van der Waals surface area contributed by atoms with Crippen LogP contribution in [0.1, 0.15) is 11.1 Å². The van der Waals surface area contributed by atoms with Crippen molar-refractivity contribution in [1.29, 1.82) is 0 Å². The van der Waals surface area contributed by atoms with Gasteiger partial charge in [0.25, 0.3) is 0 Å². The topological polar surface area (TPSA) is 42.8 Å². The Hall–Kier alpha value is -2.40. The van der Waals surface area contributed by atoms with E-state index in [0.29, 0.717) is 38.9 Å². The van der Waals surface area contributed by atoms with Crippen LogP contribution in [0.3, 0.4) is 0 Å². The molecule has 3 aromatic carbocycles. The maximum atomic E-state index is 6.14. The second kappa shape index (κ2) is 9.69. The molecule has 0 heterocycles. The summed E-state index contributed by atoms with van der Waals surface area (Å²) in [6.07, 6.45) is 1.64. The van der Waals surface area contributed by atoms with Crippen LogP contribution in [0.4, 0.5) is 5.69 Å². The molecule has 0 fully saturated rings. The highest BCUT2D eigenvalue weighted by Crippen LogP contribution is 2.33. The molecule has 4 nitrogen and oxygen atoms in total. The quantitative estimate of drug-likeness (QED) is 0.332. The van der Waals surface area contributed by atoms with E-state index >= 15 is 0 Å². The van der Waals surface area contributed by atoms with Gasteiger partial charge >= 0.3 is 0 Å². The first kappa shape index (κ1) is 20.3. The van der Waals surface area contributed by atoms with Crippen LogP contribution in [0.15, 0.2) is 65.8 Å². The Labute approximate surface area is 178 Å². The highest BCUT2D eigenvalue weighted by atomic mass is 35.5. The Morgan fingerprint density at radius 1 is 0.929 bits per heavy atom. The zero-order valence-corrected chi connectivity index (χ0v) is 17.2. The van der Waals surface area contributed by atoms with Crippen molar-refractivity contribution in [1.82, 2.24) is 0 Å². The van der Waals surface area contributed by atoms with Crippen molar-refractivity contribution in [2.45, 2.75) is 6.61 Å². The maximum Gasteiger partial charge on any atom is 0.162 e. The molecular formula is C21H17Cl3N2O2. The molecule has 1 N–H and O–H groups in total.